The Labute approximate surface area is 109 Å². The van der Waals surface area contributed by atoms with Gasteiger partial charge in [0.15, 0.2) is 0 Å². The molecule has 1 rings (SSSR count). The van der Waals surface area contributed by atoms with E-state index in [0.717, 1.165) is 31.5 Å². The summed E-state index contributed by atoms with van der Waals surface area (Å²) >= 11 is 0. The lowest BCUT2D eigenvalue weighted by atomic mass is 9.86. The monoisotopic (exact) mass is 252 g/mol. The minimum absolute atomic E-state index is 0.246. The lowest BCUT2D eigenvalue weighted by Gasteiger charge is -2.22. The molecule has 0 bridgehead atoms. The average molecular weight is 252 g/mol. The molecule has 5 heteroatoms. The van der Waals surface area contributed by atoms with Gasteiger partial charge < -0.3 is 10.9 Å². The van der Waals surface area contributed by atoms with Gasteiger partial charge in [-0.15, -0.1) is 0 Å². The fourth-order valence-electron chi connectivity index (χ4n) is 1.99. The minimum Gasteiger partial charge on any atom is -0.409 e. The SMILES string of the molecule is Cc1cc(C)n(CCCCC(C)(C)/C(N)=N/O)n1. The third kappa shape index (κ3) is 3.75. The molecule has 1 aromatic rings. The van der Waals surface area contributed by atoms with E-state index >= 15 is 0 Å². The van der Waals surface area contributed by atoms with E-state index in [0.29, 0.717) is 5.84 Å². The van der Waals surface area contributed by atoms with Gasteiger partial charge in [-0.05, 0) is 32.8 Å². The number of rotatable bonds is 6. The van der Waals surface area contributed by atoms with Crippen LogP contribution in [0.2, 0.25) is 0 Å². The molecule has 0 radical (unpaired) electrons. The van der Waals surface area contributed by atoms with Crippen LogP contribution in [0.4, 0.5) is 0 Å². The molecule has 1 aromatic heterocycles. The standard InChI is InChI=1S/C13H24N4O/c1-10-9-11(2)17(15-10)8-6-5-7-13(3,4)12(14)16-18/h9,18H,5-8H2,1-4H3,(H2,14,16). The Morgan fingerprint density at radius 3 is 2.61 bits per heavy atom. The molecule has 0 aliphatic heterocycles. The van der Waals surface area contributed by atoms with E-state index < -0.39 is 0 Å². The van der Waals surface area contributed by atoms with E-state index in [-0.39, 0.29) is 5.41 Å². The van der Waals surface area contributed by atoms with Crippen LogP contribution in [-0.2, 0) is 6.54 Å². The van der Waals surface area contributed by atoms with E-state index in [4.69, 9.17) is 10.9 Å². The summed E-state index contributed by atoms with van der Waals surface area (Å²) in [5, 5.41) is 16.2. The van der Waals surface area contributed by atoms with Gasteiger partial charge in [0.2, 0.25) is 0 Å². The number of hydrogen-bond donors (Lipinski definition) is 2. The van der Waals surface area contributed by atoms with Gasteiger partial charge in [-0.1, -0.05) is 25.4 Å². The van der Waals surface area contributed by atoms with Gasteiger partial charge in [-0.3, -0.25) is 4.68 Å². The normalized spacial score (nSPS) is 13.0. The van der Waals surface area contributed by atoms with E-state index in [1.54, 1.807) is 0 Å². The van der Waals surface area contributed by atoms with Gasteiger partial charge in [0.05, 0.1) is 5.69 Å². The third-order valence-electron chi connectivity index (χ3n) is 3.33. The molecule has 0 fully saturated rings. The molecule has 0 saturated carbocycles. The topological polar surface area (TPSA) is 76.4 Å². The first-order valence-electron chi connectivity index (χ1n) is 6.36. The number of aryl methyl sites for hydroxylation is 3. The molecular formula is C13H24N4O. The van der Waals surface area contributed by atoms with Gasteiger partial charge in [0, 0.05) is 17.7 Å². The second-order valence-electron chi connectivity index (χ2n) is 5.48. The lowest BCUT2D eigenvalue weighted by molar-refractivity contribution is 0.303. The van der Waals surface area contributed by atoms with Crippen molar-refractivity contribution in [2.75, 3.05) is 0 Å². The molecular weight excluding hydrogens is 228 g/mol. The molecule has 0 unspecified atom stereocenters. The summed E-state index contributed by atoms with van der Waals surface area (Å²) in [6.45, 7) is 8.98. The van der Waals surface area contributed by atoms with Gasteiger partial charge in [-0.2, -0.15) is 5.10 Å². The molecule has 0 amide bonds. The summed E-state index contributed by atoms with van der Waals surface area (Å²) in [4.78, 5) is 0. The minimum atomic E-state index is -0.246. The predicted octanol–water partition coefficient (Wildman–Crippen LogP) is 2.44. The van der Waals surface area contributed by atoms with Crippen LogP contribution < -0.4 is 5.73 Å². The van der Waals surface area contributed by atoms with Crippen LogP contribution in [0.15, 0.2) is 11.2 Å². The van der Waals surface area contributed by atoms with Crippen molar-refractivity contribution in [1.82, 2.24) is 9.78 Å². The van der Waals surface area contributed by atoms with Crippen molar-refractivity contribution in [2.45, 2.75) is 53.5 Å². The molecule has 0 atom stereocenters. The molecule has 1 heterocycles. The Morgan fingerprint density at radius 2 is 2.11 bits per heavy atom. The smallest absolute Gasteiger partial charge is 0.144 e. The van der Waals surface area contributed by atoms with Crippen LogP contribution in [0.3, 0.4) is 0 Å². The van der Waals surface area contributed by atoms with E-state index in [1.165, 1.54) is 5.69 Å². The second-order valence-corrected chi connectivity index (χ2v) is 5.48. The van der Waals surface area contributed by atoms with Crippen molar-refractivity contribution < 1.29 is 5.21 Å². The highest BCUT2D eigenvalue weighted by atomic mass is 16.4. The highest BCUT2D eigenvalue weighted by molar-refractivity contribution is 5.85. The van der Waals surface area contributed by atoms with Crippen molar-refractivity contribution in [1.29, 1.82) is 0 Å². The zero-order chi connectivity index (χ0) is 13.8. The number of amidine groups is 1. The van der Waals surface area contributed by atoms with Crippen LogP contribution in [0.1, 0.15) is 44.5 Å². The lowest BCUT2D eigenvalue weighted by Crippen LogP contribution is -2.31. The van der Waals surface area contributed by atoms with Crippen LogP contribution in [0.25, 0.3) is 0 Å². The maximum Gasteiger partial charge on any atom is 0.144 e. The van der Waals surface area contributed by atoms with Crippen LogP contribution in [0, 0.1) is 19.3 Å². The van der Waals surface area contributed by atoms with Crippen LogP contribution in [-0.4, -0.2) is 20.8 Å². The highest BCUT2D eigenvalue weighted by Crippen LogP contribution is 2.23. The van der Waals surface area contributed by atoms with Gasteiger partial charge in [0.1, 0.15) is 5.84 Å². The Bertz CT molecular complexity index is 421. The molecule has 102 valence electrons. The summed E-state index contributed by atoms with van der Waals surface area (Å²) in [5.74, 6) is 0.300. The molecule has 3 N–H and O–H groups in total. The first-order chi connectivity index (χ1) is 8.36. The fourth-order valence-corrected chi connectivity index (χ4v) is 1.99. The highest BCUT2D eigenvalue weighted by Gasteiger charge is 2.22. The molecule has 0 saturated heterocycles. The largest absolute Gasteiger partial charge is 0.409 e. The Kier molecular flexibility index (Phi) is 4.76. The fraction of sp³-hybridized carbons (Fsp3) is 0.692. The summed E-state index contributed by atoms with van der Waals surface area (Å²) < 4.78 is 2.03. The van der Waals surface area contributed by atoms with Crippen LogP contribution >= 0.6 is 0 Å². The molecule has 0 aliphatic carbocycles. The maximum absolute atomic E-state index is 8.69. The first-order valence-corrected chi connectivity index (χ1v) is 6.36. The first kappa shape index (κ1) is 14.5. The Hall–Kier alpha value is -1.52. The number of aromatic nitrogens is 2. The van der Waals surface area contributed by atoms with Gasteiger partial charge >= 0.3 is 0 Å². The zero-order valence-electron chi connectivity index (χ0n) is 11.8. The molecule has 18 heavy (non-hydrogen) atoms. The third-order valence-corrected chi connectivity index (χ3v) is 3.33. The van der Waals surface area contributed by atoms with Gasteiger partial charge in [0.25, 0.3) is 0 Å². The quantitative estimate of drug-likeness (QED) is 0.268. The summed E-state index contributed by atoms with van der Waals surface area (Å²) in [7, 11) is 0. The van der Waals surface area contributed by atoms with E-state index in [1.807, 2.05) is 25.5 Å². The van der Waals surface area contributed by atoms with Gasteiger partial charge in [-0.25, -0.2) is 0 Å². The number of unbranched alkanes of at least 4 members (excludes halogenated alkanes) is 1. The number of oxime groups is 1. The number of hydrogen-bond acceptors (Lipinski definition) is 3. The second kappa shape index (κ2) is 5.89. The van der Waals surface area contributed by atoms with Crippen molar-refractivity contribution in [3.63, 3.8) is 0 Å². The summed E-state index contributed by atoms with van der Waals surface area (Å²) in [5.41, 5.74) is 7.66. The van der Waals surface area contributed by atoms with E-state index in [2.05, 4.69) is 23.2 Å². The molecule has 0 spiro atoms. The number of nitrogens with two attached hydrogens (primary N) is 1. The Balaban J connectivity index is 2.37. The maximum atomic E-state index is 8.69. The van der Waals surface area contributed by atoms with E-state index in [9.17, 15) is 0 Å². The molecule has 0 aromatic carbocycles. The molecule has 0 aliphatic rings. The Morgan fingerprint density at radius 1 is 1.44 bits per heavy atom. The predicted molar refractivity (Wildman–Crippen MR) is 72.7 cm³/mol. The summed E-state index contributed by atoms with van der Waals surface area (Å²) in [6.07, 6.45) is 2.98. The number of nitrogens with zero attached hydrogens (tertiary/aromatic N) is 3. The van der Waals surface area contributed by atoms with Crippen molar-refractivity contribution in [3.8, 4) is 0 Å². The summed E-state index contributed by atoms with van der Waals surface area (Å²) in [6, 6.07) is 2.08. The van der Waals surface area contributed by atoms with Crippen molar-refractivity contribution >= 4 is 5.84 Å². The van der Waals surface area contributed by atoms with Crippen LogP contribution in [0.5, 0.6) is 0 Å². The average Bonchev–Trinajstić information content (AvgIpc) is 2.62. The molecule has 5 nitrogen and oxygen atoms in total. The zero-order valence-corrected chi connectivity index (χ0v) is 11.8. The van der Waals surface area contributed by atoms with Crippen molar-refractivity contribution in [2.24, 2.45) is 16.3 Å². The van der Waals surface area contributed by atoms with Crippen molar-refractivity contribution in [3.05, 3.63) is 17.5 Å².